The van der Waals surface area contributed by atoms with Gasteiger partial charge in [-0.15, -0.1) is 0 Å². The smallest absolute Gasteiger partial charge is 0.161 e. The van der Waals surface area contributed by atoms with Crippen molar-refractivity contribution in [3.8, 4) is 17.6 Å². The molecule has 0 radical (unpaired) electrons. The summed E-state index contributed by atoms with van der Waals surface area (Å²) in [6, 6.07) is 9.56. The van der Waals surface area contributed by atoms with Crippen molar-refractivity contribution in [1.82, 2.24) is 4.98 Å². The molecule has 6 heteroatoms. The fraction of sp³-hybridized carbons (Fsp3) is 0.250. The summed E-state index contributed by atoms with van der Waals surface area (Å²) in [7, 11) is 3.20. The van der Waals surface area contributed by atoms with Crippen LogP contribution in [-0.2, 0) is 6.54 Å². The van der Waals surface area contributed by atoms with E-state index in [-0.39, 0.29) is 0 Å². The number of rotatable bonds is 5. The summed E-state index contributed by atoms with van der Waals surface area (Å²) in [4.78, 5) is 4.27. The third-order valence-corrected chi connectivity index (χ3v) is 3.95. The molecule has 0 amide bonds. The fourth-order valence-electron chi connectivity index (χ4n) is 1.96. The van der Waals surface area contributed by atoms with E-state index < -0.39 is 0 Å². The summed E-state index contributed by atoms with van der Waals surface area (Å²) in [5.74, 6) is 1.99. The number of hydrogen-bond acceptors (Lipinski definition) is 5. The van der Waals surface area contributed by atoms with Gasteiger partial charge in [-0.2, -0.15) is 5.26 Å². The van der Waals surface area contributed by atoms with Crippen molar-refractivity contribution >= 4 is 21.7 Å². The van der Waals surface area contributed by atoms with Crippen LogP contribution in [0.5, 0.6) is 11.5 Å². The highest BCUT2D eigenvalue weighted by molar-refractivity contribution is 9.10. The van der Waals surface area contributed by atoms with Crippen molar-refractivity contribution in [2.24, 2.45) is 0 Å². The monoisotopic (exact) mass is 361 g/mol. The van der Waals surface area contributed by atoms with E-state index in [1.807, 2.05) is 31.2 Å². The lowest BCUT2D eigenvalue weighted by atomic mass is 10.2. The number of nitrogens with one attached hydrogen (secondary N) is 1. The first-order chi connectivity index (χ1) is 10.6. The van der Waals surface area contributed by atoms with E-state index in [0.717, 1.165) is 15.6 Å². The number of halogens is 1. The van der Waals surface area contributed by atoms with Crippen molar-refractivity contribution in [2.75, 3.05) is 19.5 Å². The molecule has 0 fully saturated rings. The largest absolute Gasteiger partial charge is 0.493 e. The van der Waals surface area contributed by atoms with E-state index in [1.165, 1.54) is 0 Å². The Labute approximate surface area is 138 Å². The quantitative estimate of drug-likeness (QED) is 0.879. The predicted octanol–water partition coefficient (Wildman–Crippen LogP) is 3.65. The van der Waals surface area contributed by atoms with E-state index in [1.54, 1.807) is 14.2 Å². The molecule has 1 heterocycles. The molecule has 0 bridgehead atoms. The van der Waals surface area contributed by atoms with Gasteiger partial charge in [0.25, 0.3) is 0 Å². The van der Waals surface area contributed by atoms with Crippen LogP contribution in [0.4, 0.5) is 5.82 Å². The average molecular weight is 362 g/mol. The lowest BCUT2D eigenvalue weighted by molar-refractivity contribution is 0.354. The normalized spacial score (nSPS) is 9.95. The topological polar surface area (TPSA) is 67.2 Å². The zero-order valence-corrected chi connectivity index (χ0v) is 14.2. The first-order valence-electron chi connectivity index (χ1n) is 6.61. The molecule has 1 N–H and O–H groups in total. The van der Waals surface area contributed by atoms with Crippen LogP contribution in [0, 0.1) is 18.3 Å². The summed E-state index contributed by atoms with van der Waals surface area (Å²) in [5, 5.41) is 12.2. The van der Waals surface area contributed by atoms with Gasteiger partial charge in [-0.05, 0) is 36.2 Å². The molecule has 22 heavy (non-hydrogen) atoms. The van der Waals surface area contributed by atoms with Gasteiger partial charge in [-0.3, -0.25) is 0 Å². The maximum atomic E-state index is 9.02. The molecule has 0 aliphatic heterocycles. The number of ether oxygens (including phenoxy) is 2. The lowest BCUT2D eigenvalue weighted by Crippen LogP contribution is -2.04. The third kappa shape index (κ3) is 3.49. The maximum Gasteiger partial charge on any atom is 0.161 e. The molecule has 2 aromatic rings. The Morgan fingerprint density at radius 3 is 2.55 bits per heavy atom. The van der Waals surface area contributed by atoms with Crippen LogP contribution in [0.15, 0.2) is 28.7 Å². The second-order valence-electron chi connectivity index (χ2n) is 4.63. The molecule has 0 unspecified atom stereocenters. The highest BCUT2D eigenvalue weighted by atomic mass is 79.9. The van der Waals surface area contributed by atoms with Gasteiger partial charge in [0.2, 0.25) is 0 Å². The van der Waals surface area contributed by atoms with Gasteiger partial charge in [0.05, 0.1) is 14.2 Å². The van der Waals surface area contributed by atoms with Crippen LogP contribution in [0.2, 0.25) is 0 Å². The highest BCUT2D eigenvalue weighted by Crippen LogP contribution is 2.33. The zero-order chi connectivity index (χ0) is 16.1. The van der Waals surface area contributed by atoms with Gasteiger partial charge < -0.3 is 14.8 Å². The number of nitrogens with zero attached hydrogens (tertiary/aromatic N) is 2. The Bertz CT molecular complexity index is 726. The number of methoxy groups -OCH3 is 2. The van der Waals surface area contributed by atoms with Crippen LogP contribution < -0.4 is 14.8 Å². The molecule has 0 aliphatic carbocycles. The van der Waals surface area contributed by atoms with Crippen molar-refractivity contribution in [3.63, 3.8) is 0 Å². The number of nitriles is 1. The van der Waals surface area contributed by atoms with E-state index in [2.05, 4.69) is 32.3 Å². The molecule has 1 aromatic carbocycles. The van der Waals surface area contributed by atoms with E-state index in [9.17, 15) is 0 Å². The van der Waals surface area contributed by atoms with Gasteiger partial charge >= 0.3 is 0 Å². The van der Waals surface area contributed by atoms with Gasteiger partial charge in [0.1, 0.15) is 17.6 Å². The van der Waals surface area contributed by atoms with Crippen LogP contribution in [-0.4, -0.2) is 19.2 Å². The molecule has 0 saturated carbocycles. The molecule has 0 aliphatic rings. The Balaban J connectivity index is 2.20. The zero-order valence-electron chi connectivity index (χ0n) is 12.6. The Kier molecular flexibility index (Phi) is 5.23. The van der Waals surface area contributed by atoms with E-state index in [0.29, 0.717) is 29.6 Å². The van der Waals surface area contributed by atoms with Crippen LogP contribution in [0.1, 0.15) is 16.8 Å². The number of anilines is 1. The van der Waals surface area contributed by atoms with Crippen LogP contribution >= 0.6 is 15.9 Å². The van der Waals surface area contributed by atoms with Gasteiger partial charge in [0.15, 0.2) is 11.5 Å². The average Bonchev–Trinajstić information content (AvgIpc) is 2.54. The maximum absolute atomic E-state index is 9.02. The Morgan fingerprint density at radius 1 is 1.23 bits per heavy atom. The second kappa shape index (κ2) is 7.14. The third-order valence-electron chi connectivity index (χ3n) is 3.22. The van der Waals surface area contributed by atoms with Gasteiger partial charge in [0, 0.05) is 11.0 Å². The Morgan fingerprint density at radius 2 is 1.91 bits per heavy atom. The minimum atomic E-state index is 0.427. The molecule has 0 atom stereocenters. The fourth-order valence-corrected chi connectivity index (χ4v) is 2.42. The van der Waals surface area contributed by atoms with E-state index >= 15 is 0 Å². The molecule has 114 valence electrons. The molecule has 0 saturated heterocycles. The summed E-state index contributed by atoms with van der Waals surface area (Å²) in [6.07, 6.45) is 0. The number of aromatic nitrogens is 1. The molecular formula is C16H16BrN3O2. The second-order valence-corrected chi connectivity index (χ2v) is 5.48. The molecular weight excluding hydrogens is 346 g/mol. The number of benzene rings is 1. The van der Waals surface area contributed by atoms with Crippen molar-refractivity contribution in [3.05, 3.63) is 45.6 Å². The first kappa shape index (κ1) is 16.1. The predicted molar refractivity (Wildman–Crippen MR) is 88.3 cm³/mol. The van der Waals surface area contributed by atoms with Gasteiger partial charge in [-0.25, -0.2) is 4.98 Å². The van der Waals surface area contributed by atoms with Gasteiger partial charge in [-0.1, -0.05) is 22.0 Å². The highest BCUT2D eigenvalue weighted by Gasteiger charge is 2.10. The summed E-state index contributed by atoms with van der Waals surface area (Å²) >= 11 is 3.52. The lowest BCUT2D eigenvalue weighted by Gasteiger charge is -2.13. The number of hydrogen-bond donors (Lipinski definition) is 1. The van der Waals surface area contributed by atoms with Crippen LogP contribution in [0.25, 0.3) is 0 Å². The van der Waals surface area contributed by atoms with Crippen molar-refractivity contribution in [1.29, 1.82) is 5.26 Å². The van der Waals surface area contributed by atoms with Crippen molar-refractivity contribution < 1.29 is 9.47 Å². The number of aryl methyl sites for hydroxylation is 1. The molecule has 5 nitrogen and oxygen atoms in total. The minimum absolute atomic E-state index is 0.427. The SMILES string of the molecule is COc1cc(Br)c(CNc2ccc(C)c(C#N)n2)cc1OC. The molecule has 2 rings (SSSR count). The van der Waals surface area contributed by atoms with E-state index in [4.69, 9.17) is 14.7 Å². The van der Waals surface area contributed by atoms with Crippen molar-refractivity contribution in [2.45, 2.75) is 13.5 Å². The minimum Gasteiger partial charge on any atom is -0.493 e. The summed E-state index contributed by atoms with van der Waals surface area (Å²) < 4.78 is 11.5. The standard InChI is InChI=1S/C16H16BrN3O2/c1-10-4-5-16(20-13(10)8-18)19-9-11-6-14(21-2)15(22-3)7-12(11)17/h4-7H,9H2,1-3H3,(H,19,20). The summed E-state index contributed by atoms with van der Waals surface area (Å²) in [5.41, 5.74) is 2.29. The Hall–Kier alpha value is -2.26. The molecule has 1 aromatic heterocycles. The molecule has 0 spiro atoms. The number of pyridine rings is 1. The first-order valence-corrected chi connectivity index (χ1v) is 7.40. The summed E-state index contributed by atoms with van der Waals surface area (Å²) in [6.45, 7) is 2.40. The van der Waals surface area contributed by atoms with Crippen LogP contribution in [0.3, 0.4) is 0 Å².